The monoisotopic (exact) mass is 1750 g/mol. The molecule has 0 bridgehead atoms. The summed E-state index contributed by atoms with van der Waals surface area (Å²) in [5.41, 5.74) is 24.4. The van der Waals surface area contributed by atoms with Gasteiger partial charge >= 0.3 is 35.4 Å². The first kappa shape index (κ1) is 93.3. The van der Waals surface area contributed by atoms with E-state index in [4.69, 9.17) is 15.3 Å². The number of carbonyl (C=O) groups excluding carboxylic acids is 6. The summed E-state index contributed by atoms with van der Waals surface area (Å²) in [6, 6.07) is 35.6. The minimum atomic E-state index is -1.84. The largest absolute Gasteiger partial charge is 1.00 e. The molecule has 0 radical (unpaired) electrons. The first-order chi connectivity index (χ1) is 48.0. The quantitative estimate of drug-likeness (QED) is 0.00560. The molecular weight excluding hydrogens is 1650 g/mol. The molecule has 6 aromatic rings. The summed E-state index contributed by atoms with van der Waals surface area (Å²) in [5.74, 6) is -5.19. The van der Waals surface area contributed by atoms with Crippen LogP contribution in [0, 0.1) is 0 Å². The molecule has 4 atom stereocenters. The lowest BCUT2D eigenvalue weighted by Gasteiger charge is -2.25. The second-order valence-electron chi connectivity index (χ2n) is 24.0. The summed E-state index contributed by atoms with van der Waals surface area (Å²) in [4.78, 5) is 71.2. The average molecular weight is 1760 g/mol. The van der Waals surface area contributed by atoms with Crippen LogP contribution in [-0.2, 0) is 86.9 Å². The number of pyridine rings is 3. The zero-order valence-electron chi connectivity index (χ0n) is 59.0. The number of amides is 6. The number of aliphatic hydroxyl groups is 7. The summed E-state index contributed by atoms with van der Waals surface area (Å²) in [6.07, 6.45) is 25.9. The van der Waals surface area contributed by atoms with E-state index in [2.05, 4.69) is 157 Å². The van der Waals surface area contributed by atoms with E-state index in [1.807, 2.05) is 60.7 Å². The molecule has 0 saturated carbocycles. The molecule has 0 aliphatic carbocycles. The summed E-state index contributed by atoms with van der Waals surface area (Å²) in [7, 11) is 0. The molecule has 0 fully saturated rings. The van der Waals surface area contributed by atoms with Gasteiger partial charge in [-0.1, -0.05) is 114 Å². The third-order valence-corrected chi connectivity index (χ3v) is 16.2. The molecule has 3 aromatic carbocycles. The Morgan fingerprint density at radius 1 is 0.353 bits per heavy atom. The lowest BCUT2D eigenvalue weighted by molar-refractivity contribution is -0.697. The van der Waals surface area contributed by atoms with Crippen LogP contribution in [0.1, 0.15) is 138 Å². The number of aryl methyl sites for hydroxylation is 9. The first-order valence-corrected chi connectivity index (χ1v) is 34.8. The number of carbonyl (C=O) groups is 6. The topological polar surface area (TPSA) is 364 Å². The number of unbranched alkanes of at least 4 members (excludes halogenated alkanes) is 9. The minimum absolute atomic E-state index is 0. The van der Waals surface area contributed by atoms with Crippen LogP contribution >= 0.6 is 0 Å². The number of anilines is 3. The Kier molecular flexibility index (Phi) is 51.8. The Hall–Kier alpha value is -6.76. The highest BCUT2D eigenvalue weighted by Gasteiger charge is 2.31. The standard InChI is InChI=1S/C27H40N4O7.C24H34N4O3.C23H32N4O3.3HI/c1-2-3-4-7-14-31-15-12-19(13-16-31)10-11-20-8-5-6-9-21(20)29-30-27(38)26(37)28-17-22(33)24(35)25(36)23(34)18-32;1-2-3-4-7-16-28-17-13-20(14-18-28)11-12-21-9-5-6-10-22(21)26-27-24(31)23(30)25-15-8-19-29;1-2-3-4-7-15-27-16-12-19(13-17-27)10-11-20-8-5-6-9-21(20)25-26-23(30)22(29)24-14-18-28;;;/h5-6,8-9,12-13,15-16,22-25,32-36H,2-4,7,10-11,14,17-18H2,1H3,(H2-,28,29,30,37,38);5-6,9-10,13-14,17-18,29H,2-4,7-8,11-12,15-16,19H2,1H3,(H2-,25,26,27,30,31);5-6,8-9,12-13,16-17,28H,2-4,7,10-11,14-15,18H2,1H3,(H2-,24,25,26,29,30);3*1H. The molecule has 0 aliphatic rings. The zero-order chi connectivity index (χ0) is 71.8. The van der Waals surface area contributed by atoms with E-state index in [0.717, 1.165) is 79.8 Å². The number of halogens is 3. The maximum atomic E-state index is 12.2. The summed E-state index contributed by atoms with van der Waals surface area (Å²) in [6.45, 7) is 8.43. The van der Waals surface area contributed by atoms with Crippen LogP contribution < -0.4 is 134 Å². The normalized spacial score (nSPS) is 11.6. The smallest absolute Gasteiger partial charge is 0.327 e. The van der Waals surface area contributed by atoms with E-state index in [9.17, 15) is 49.2 Å². The van der Waals surface area contributed by atoms with Gasteiger partial charge in [0, 0.05) is 81.9 Å². The van der Waals surface area contributed by atoms with Crippen molar-refractivity contribution < 1.29 is 150 Å². The van der Waals surface area contributed by atoms with Gasteiger partial charge in [-0.3, -0.25) is 61.3 Å². The van der Waals surface area contributed by atoms with Gasteiger partial charge in [-0.25, -0.2) is 13.7 Å². The van der Waals surface area contributed by atoms with Crippen LogP contribution in [0.15, 0.2) is 146 Å². The molecule has 6 rings (SSSR count). The van der Waals surface area contributed by atoms with Gasteiger partial charge in [0.15, 0.2) is 37.2 Å². The van der Waals surface area contributed by atoms with Crippen molar-refractivity contribution in [2.45, 2.75) is 187 Å². The van der Waals surface area contributed by atoms with Gasteiger partial charge in [0.05, 0.1) is 36.4 Å². The van der Waals surface area contributed by atoms with Crippen LogP contribution in [0.5, 0.6) is 0 Å². The summed E-state index contributed by atoms with van der Waals surface area (Å²) in [5, 5.41) is 71.8. The Bertz CT molecular complexity index is 3290. The van der Waals surface area contributed by atoms with Gasteiger partial charge < -0.3 is 124 Å². The van der Waals surface area contributed by atoms with E-state index in [-0.39, 0.29) is 98.2 Å². The molecule has 564 valence electrons. The van der Waals surface area contributed by atoms with E-state index in [0.29, 0.717) is 18.5 Å². The minimum Gasteiger partial charge on any atom is -1.00 e. The Balaban J connectivity index is 0.000000760. The number of hydrazine groups is 3. The Morgan fingerprint density at radius 3 is 0.980 bits per heavy atom. The van der Waals surface area contributed by atoms with E-state index < -0.39 is 73.0 Å². The van der Waals surface area contributed by atoms with E-state index >= 15 is 0 Å². The molecule has 28 heteroatoms. The number of para-hydroxylation sites is 3. The van der Waals surface area contributed by atoms with Crippen LogP contribution in [0.25, 0.3) is 0 Å². The van der Waals surface area contributed by atoms with Crippen molar-refractivity contribution in [3.05, 3.63) is 180 Å². The highest BCUT2D eigenvalue weighted by Crippen LogP contribution is 2.20. The zero-order valence-corrected chi connectivity index (χ0v) is 65.5. The molecule has 3 heterocycles. The van der Waals surface area contributed by atoms with Crippen molar-refractivity contribution in [1.82, 2.24) is 32.2 Å². The molecule has 4 unspecified atom stereocenters. The highest BCUT2D eigenvalue weighted by atomic mass is 127. The first-order valence-electron chi connectivity index (χ1n) is 34.8. The molecular formula is C74H109I3N12O13. The fourth-order valence-corrected chi connectivity index (χ4v) is 10.1. The lowest BCUT2D eigenvalue weighted by atomic mass is 10.0. The van der Waals surface area contributed by atoms with Crippen LogP contribution in [0.3, 0.4) is 0 Å². The number of hydrogen-bond donors (Lipinski definition) is 16. The molecule has 0 aliphatic heterocycles. The van der Waals surface area contributed by atoms with Gasteiger partial charge in [0.2, 0.25) is 0 Å². The van der Waals surface area contributed by atoms with Gasteiger partial charge in [0.1, 0.15) is 37.9 Å². The van der Waals surface area contributed by atoms with Gasteiger partial charge in [0.25, 0.3) is 0 Å². The molecule has 0 spiro atoms. The number of rotatable bonds is 41. The predicted octanol–water partition coefficient (Wildman–Crippen LogP) is -5.48. The highest BCUT2D eigenvalue weighted by molar-refractivity contribution is 6.36. The van der Waals surface area contributed by atoms with Crippen molar-refractivity contribution >= 4 is 52.5 Å². The Morgan fingerprint density at radius 2 is 0.667 bits per heavy atom. The summed E-state index contributed by atoms with van der Waals surface area (Å²) < 4.78 is 6.65. The third kappa shape index (κ3) is 38.1. The van der Waals surface area contributed by atoms with Crippen molar-refractivity contribution in [2.24, 2.45) is 0 Å². The number of aromatic nitrogens is 3. The molecule has 0 saturated heterocycles. The average Bonchev–Trinajstić information content (AvgIpc) is 0.887. The van der Waals surface area contributed by atoms with Crippen molar-refractivity contribution in [2.75, 3.05) is 55.7 Å². The second-order valence-corrected chi connectivity index (χ2v) is 24.0. The lowest BCUT2D eigenvalue weighted by Crippen LogP contribution is -3.00. The van der Waals surface area contributed by atoms with Crippen molar-refractivity contribution in [3.63, 3.8) is 0 Å². The van der Waals surface area contributed by atoms with Gasteiger partial charge in [-0.2, -0.15) is 0 Å². The van der Waals surface area contributed by atoms with E-state index in [1.165, 1.54) is 93.7 Å². The third-order valence-electron chi connectivity index (χ3n) is 16.2. The number of nitrogens with zero attached hydrogens (tertiary/aromatic N) is 3. The number of hydrogen-bond acceptors (Lipinski definition) is 16. The van der Waals surface area contributed by atoms with Crippen LogP contribution in [-0.4, -0.2) is 135 Å². The van der Waals surface area contributed by atoms with Crippen molar-refractivity contribution in [1.29, 1.82) is 0 Å². The fourth-order valence-electron chi connectivity index (χ4n) is 10.1. The van der Waals surface area contributed by atoms with Gasteiger partial charge in [-0.05, 0) is 116 Å². The molecule has 102 heavy (non-hydrogen) atoms. The van der Waals surface area contributed by atoms with Gasteiger partial charge in [-0.15, -0.1) is 0 Å². The Labute approximate surface area is 652 Å². The van der Waals surface area contributed by atoms with Crippen LogP contribution in [0.4, 0.5) is 17.1 Å². The SMILES string of the molecule is CCCCCC[n+]1ccc(CCc2ccccc2NNC(=O)C(=O)NCC(O)C(O)C(O)C(O)CO)cc1.CCCCCC[n+]1ccc(CCc2ccccc2NNC(=O)C(=O)NCCCO)cc1.CCCCCC[n+]1ccc(CCc2ccccc2NNC(=O)C(=O)NCCO)cc1.[I-].[I-].[I-]. The maximum absolute atomic E-state index is 12.2. The molecule has 16 N–H and O–H groups in total. The fraction of sp³-hybridized carbons (Fsp3) is 0.473. The van der Waals surface area contributed by atoms with E-state index in [1.54, 1.807) is 12.1 Å². The van der Waals surface area contributed by atoms with Crippen LogP contribution in [0.2, 0.25) is 0 Å². The molecule has 6 amide bonds. The summed E-state index contributed by atoms with van der Waals surface area (Å²) >= 11 is 0. The number of benzene rings is 3. The molecule has 3 aromatic heterocycles. The van der Waals surface area contributed by atoms with Crippen molar-refractivity contribution in [3.8, 4) is 0 Å². The maximum Gasteiger partial charge on any atom is 0.327 e. The molecule has 25 nitrogen and oxygen atoms in total. The number of aliphatic hydroxyl groups excluding tert-OH is 7. The predicted molar refractivity (Wildman–Crippen MR) is 378 cm³/mol. The second kappa shape index (κ2) is 56.7. The number of nitrogens with one attached hydrogen (secondary N) is 9.